The van der Waals surface area contributed by atoms with E-state index in [9.17, 15) is 4.79 Å². The Morgan fingerprint density at radius 1 is 1.27 bits per heavy atom. The van der Waals surface area contributed by atoms with E-state index in [-0.39, 0.29) is 5.91 Å². The van der Waals surface area contributed by atoms with E-state index in [1.54, 1.807) is 24.1 Å². The van der Waals surface area contributed by atoms with Crippen molar-refractivity contribution in [2.75, 3.05) is 7.11 Å². The summed E-state index contributed by atoms with van der Waals surface area (Å²) in [5, 5.41) is 6.99. The molecule has 0 aliphatic rings. The van der Waals surface area contributed by atoms with Crippen LogP contribution in [-0.2, 0) is 25.0 Å². The van der Waals surface area contributed by atoms with Gasteiger partial charge in [0.25, 0.3) is 0 Å². The molecule has 0 saturated carbocycles. The Labute approximate surface area is 184 Å². The fourth-order valence-electron chi connectivity index (χ4n) is 2.92. The van der Waals surface area contributed by atoms with E-state index >= 15 is 0 Å². The summed E-state index contributed by atoms with van der Waals surface area (Å²) in [7, 11) is 3.46. The normalized spacial score (nSPS) is 10.9. The van der Waals surface area contributed by atoms with E-state index in [1.165, 1.54) is 6.08 Å². The number of halogens is 1. The molecule has 1 heterocycles. The monoisotopic (exact) mass is 469 g/mol. The molecule has 156 valence electrons. The maximum Gasteiger partial charge on any atom is 0.244 e. The van der Waals surface area contributed by atoms with E-state index in [2.05, 4.69) is 26.3 Å². The number of benzene rings is 2. The average molecular weight is 470 g/mol. The molecule has 1 N–H and O–H groups in total. The van der Waals surface area contributed by atoms with Crippen LogP contribution in [0.2, 0.25) is 0 Å². The zero-order valence-corrected chi connectivity index (χ0v) is 18.8. The van der Waals surface area contributed by atoms with Crippen LogP contribution in [0, 0.1) is 6.92 Å². The Balaban J connectivity index is 1.64. The Bertz CT molecular complexity index is 1040. The van der Waals surface area contributed by atoms with Crippen molar-refractivity contribution in [2.24, 2.45) is 7.05 Å². The molecular weight excluding hydrogens is 446 g/mol. The van der Waals surface area contributed by atoms with Gasteiger partial charge in [-0.25, -0.2) is 0 Å². The van der Waals surface area contributed by atoms with E-state index in [0.717, 1.165) is 38.4 Å². The zero-order valence-electron chi connectivity index (χ0n) is 17.2. The number of rotatable bonds is 8. The second-order valence-electron chi connectivity index (χ2n) is 6.79. The number of aryl methyl sites for hydroxylation is 2. The van der Waals surface area contributed by atoms with Crippen molar-refractivity contribution in [3.05, 3.63) is 81.6 Å². The maximum atomic E-state index is 12.2. The minimum atomic E-state index is -0.184. The first-order chi connectivity index (χ1) is 14.5. The first kappa shape index (κ1) is 21.6. The summed E-state index contributed by atoms with van der Waals surface area (Å²) in [6.45, 7) is 2.78. The van der Waals surface area contributed by atoms with Crippen LogP contribution in [0.1, 0.15) is 22.4 Å². The van der Waals surface area contributed by atoms with Crippen LogP contribution in [0.15, 0.2) is 59.2 Å². The van der Waals surface area contributed by atoms with Crippen molar-refractivity contribution in [1.29, 1.82) is 0 Å². The highest BCUT2D eigenvalue weighted by atomic mass is 79.9. The summed E-state index contributed by atoms with van der Waals surface area (Å²) >= 11 is 3.42. The number of aromatic nitrogens is 2. The Morgan fingerprint density at radius 3 is 2.80 bits per heavy atom. The zero-order chi connectivity index (χ0) is 21.5. The largest absolute Gasteiger partial charge is 0.496 e. The second kappa shape index (κ2) is 10.1. The number of amides is 1. The highest BCUT2D eigenvalue weighted by molar-refractivity contribution is 9.10. The number of nitrogens with zero attached hydrogens (tertiary/aromatic N) is 2. The summed E-state index contributed by atoms with van der Waals surface area (Å²) in [6.07, 6.45) is 4.98. The lowest BCUT2D eigenvalue weighted by Crippen LogP contribution is -2.22. The summed E-state index contributed by atoms with van der Waals surface area (Å²) < 4.78 is 13.9. The first-order valence-corrected chi connectivity index (χ1v) is 10.2. The molecule has 3 rings (SSSR count). The first-order valence-electron chi connectivity index (χ1n) is 9.45. The van der Waals surface area contributed by atoms with Crippen molar-refractivity contribution < 1.29 is 14.3 Å². The average Bonchev–Trinajstić information content (AvgIpc) is 3.06. The van der Waals surface area contributed by atoms with Gasteiger partial charge in [-0.1, -0.05) is 18.2 Å². The molecule has 0 radical (unpaired) electrons. The molecule has 3 aromatic rings. The second-order valence-corrected chi connectivity index (χ2v) is 7.64. The molecule has 0 unspecified atom stereocenters. The summed E-state index contributed by atoms with van der Waals surface area (Å²) in [5.41, 5.74) is 3.83. The van der Waals surface area contributed by atoms with E-state index in [0.29, 0.717) is 13.2 Å². The number of carbonyl (C=O) groups excluding carboxylic acids is 1. The summed E-state index contributed by atoms with van der Waals surface area (Å²) in [5.74, 6) is 1.36. The minimum absolute atomic E-state index is 0.184. The summed E-state index contributed by atoms with van der Waals surface area (Å²) in [6, 6.07) is 13.6. The van der Waals surface area contributed by atoms with Gasteiger partial charge in [-0.3, -0.25) is 9.48 Å². The smallest absolute Gasteiger partial charge is 0.244 e. The van der Waals surface area contributed by atoms with Crippen molar-refractivity contribution in [3.8, 4) is 11.5 Å². The van der Waals surface area contributed by atoms with Crippen LogP contribution in [0.4, 0.5) is 0 Å². The number of carbonyl (C=O) groups is 1. The number of methoxy groups -OCH3 is 1. The number of nitrogens with one attached hydrogen (secondary N) is 1. The molecular formula is C23H24BrN3O3. The third-order valence-corrected chi connectivity index (χ3v) is 5.22. The van der Waals surface area contributed by atoms with Crippen molar-refractivity contribution in [2.45, 2.75) is 20.1 Å². The molecule has 0 fully saturated rings. The van der Waals surface area contributed by atoms with Gasteiger partial charge < -0.3 is 14.8 Å². The molecule has 0 atom stereocenters. The Kier molecular flexibility index (Phi) is 7.30. The molecule has 7 heteroatoms. The Hall–Kier alpha value is -3.06. The SMILES string of the molecule is COc1ccc(/C=C/C(=O)NCc2c(Br)cnn2C)cc1COc1cccc(C)c1. The molecule has 1 amide bonds. The summed E-state index contributed by atoms with van der Waals surface area (Å²) in [4.78, 5) is 12.2. The molecule has 6 nitrogen and oxygen atoms in total. The highest BCUT2D eigenvalue weighted by Crippen LogP contribution is 2.23. The maximum absolute atomic E-state index is 12.2. The Morgan fingerprint density at radius 2 is 2.10 bits per heavy atom. The van der Waals surface area contributed by atoms with Gasteiger partial charge in [-0.15, -0.1) is 0 Å². The topological polar surface area (TPSA) is 65.4 Å². The third kappa shape index (κ3) is 5.73. The lowest BCUT2D eigenvalue weighted by molar-refractivity contribution is -0.116. The van der Waals surface area contributed by atoms with Crippen LogP contribution < -0.4 is 14.8 Å². The molecule has 0 aliphatic heterocycles. The van der Waals surface area contributed by atoms with E-state index in [4.69, 9.17) is 9.47 Å². The van der Waals surface area contributed by atoms with Gasteiger partial charge in [-0.2, -0.15) is 5.10 Å². The number of hydrogen-bond donors (Lipinski definition) is 1. The van der Waals surface area contributed by atoms with Gasteiger partial charge in [0.1, 0.15) is 18.1 Å². The van der Waals surface area contributed by atoms with E-state index in [1.807, 2.05) is 56.4 Å². The van der Waals surface area contributed by atoms with E-state index < -0.39 is 0 Å². The predicted molar refractivity (Wildman–Crippen MR) is 120 cm³/mol. The molecule has 0 spiro atoms. The van der Waals surface area contributed by atoms with Crippen LogP contribution in [0.3, 0.4) is 0 Å². The molecule has 0 bridgehead atoms. The van der Waals surface area contributed by atoms with Crippen molar-refractivity contribution >= 4 is 27.9 Å². The molecule has 30 heavy (non-hydrogen) atoms. The molecule has 0 saturated heterocycles. The van der Waals surface area contributed by atoms with Gasteiger partial charge in [0, 0.05) is 18.7 Å². The lowest BCUT2D eigenvalue weighted by atomic mass is 10.1. The molecule has 2 aromatic carbocycles. The van der Waals surface area contributed by atoms with Gasteiger partial charge >= 0.3 is 0 Å². The highest BCUT2D eigenvalue weighted by Gasteiger charge is 2.08. The molecule has 0 aliphatic carbocycles. The van der Waals surface area contributed by atoms with Gasteiger partial charge in [-0.05, 0) is 64.3 Å². The van der Waals surface area contributed by atoms with Gasteiger partial charge in [0.05, 0.1) is 30.0 Å². The van der Waals surface area contributed by atoms with Crippen LogP contribution in [-0.4, -0.2) is 22.8 Å². The third-order valence-electron chi connectivity index (χ3n) is 4.56. The minimum Gasteiger partial charge on any atom is -0.496 e. The number of hydrogen-bond acceptors (Lipinski definition) is 4. The van der Waals surface area contributed by atoms with Crippen LogP contribution in [0.25, 0.3) is 6.08 Å². The quantitative estimate of drug-likeness (QED) is 0.496. The molecule has 1 aromatic heterocycles. The van der Waals surface area contributed by atoms with Crippen molar-refractivity contribution in [1.82, 2.24) is 15.1 Å². The standard InChI is InChI=1S/C23H24BrN3O3/c1-16-5-4-6-19(11-16)30-15-18-12-17(7-9-22(18)29-3)8-10-23(28)25-14-21-20(24)13-26-27(21)2/h4-13H,14-15H2,1-3H3,(H,25,28)/b10-8+. The fraction of sp³-hybridized carbons (Fsp3) is 0.217. The van der Waals surface area contributed by atoms with Gasteiger partial charge in [0.2, 0.25) is 5.91 Å². The predicted octanol–water partition coefficient (Wildman–Crippen LogP) is 4.41. The fourth-order valence-corrected chi connectivity index (χ4v) is 3.41. The van der Waals surface area contributed by atoms with Gasteiger partial charge in [0.15, 0.2) is 0 Å². The van der Waals surface area contributed by atoms with Crippen LogP contribution >= 0.6 is 15.9 Å². The van der Waals surface area contributed by atoms with Crippen molar-refractivity contribution in [3.63, 3.8) is 0 Å². The van der Waals surface area contributed by atoms with Crippen LogP contribution in [0.5, 0.6) is 11.5 Å². The lowest BCUT2D eigenvalue weighted by Gasteiger charge is -2.11. The number of ether oxygens (including phenoxy) is 2.